The maximum absolute atomic E-state index is 12.8. The van der Waals surface area contributed by atoms with Gasteiger partial charge in [0.2, 0.25) is 10.0 Å². The Morgan fingerprint density at radius 1 is 0.786 bits per heavy atom. The lowest BCUT2D eigenvalue weighted by Gasteiger charge is -2.23. The van der Waals surface area contributed by atoms with Crippen LogP contribution in [0.5, 0.6) is 0 Å². The molecule has 0 bridgehead atoms. The van der Waals surface area contributed by atoms with E-state index in [1.54, 1.807) is 17.0 Å². The number of amides is 2. The van der Waals surface area contributed by atoms with Crippen molar-refractivity contribution in [2.75, 3.05) is 5.32 Å². The Balaban J connectivity index is 1.80. The molecule has 6 nitrogen and oxygen atoms in total. The average Bonchev–Trinajstić information content (AvgIpc) is 2.69. The van der Waals surface area contributed by atoms with Crippen molar-refractivity contribution < 1.29 is 13.2 Å². The first kappa shape index (κ1) is 19.6. The molecule has 0 aliphatic carbocycles. The minimum atomic E-state index is -3.75. The molecule has 0 radical (unpaired) electrons. The first-order valence-corrected chi connectivity index (χ1v) is 10.2. The predicted molar refractivity (Wildman–Crippen MR) is 109 cm³/mol. The lowest BCUT2D eigenvalue weighted by molar-refractivity contribution is 0.206. The Morgan fingerprint density at radius 3 is 1.82 bits per heavy atom. The maximum atomic E-state index is 12.8. The lowest BCUT2D eigenvalue weighted by atomic mass is 10.2. The Hall–Kier alpha value is -3.16. The van der Waals surface area contributed by atoms with Gasteiger partial charge in [0.05, 0.1) is 4.90 Å². The molecule has 3 rings (SSSR count). The van der Waals surface area contributed by atoms with E-state index in [9.17, 15) is 13.2 Å². The van der Waals surface area contributed by atoms with E-state index in [1.807, 2.05) is 60.7 Å². The van der Waals surface area contributed by atoms with Crippen molar-refractivity contribution in [3.63, 3.8) is 0 Å². The molecule has 28 heavy (non-hydrogen) atoms. The molecule has 0 atom stereocenters. The van der Waals surface area contributed by atoms with Crippen LogP contribution in [0, 0.1) is 0 Å². The van der Waals surface area contributed by atoms with Gasteiger partial charge in [0, 0.05) is 18.8 Å². The van der Waals surface area contributed by atoms with E-state index < -0.39 is 10.0 Å². The number of hydrogen-bond acceptors (Lipinski definition) is 3. The number of benzene rings is 3. The Labute approximate surface area is 164 Å². The zero-order valence-corrected chi connectivity index (χ0v) is 16.0. The largest absolute Gasteiger partial charge is 0.322 e. The van der Waals surface area contributed by atoms with Crippen molar-refractivity contribution in [1.29, 1.82) is 0 Å². The number of rotatable bonds is 6. The van der Waals surface area contributed by atoms with Crippen LogP contribution in [-0.2, 0) is 23.1 Å². The molecule has 0 spiro atoms. The lowest BCUT2D eigenvalue weighted by Crippen LogP contribution is -2.34. The van der Waals surface area contributed by atoms with E-state index in [4.69, 9.17) is 5.14 Å². The molecule has 3 aromatic carbocycles. The summed E-state index contributed by atoms with van der Waals surface area (Å²) in [6.45, 7) is 0.731. The van der Waals surface area contributed by atoms with E-state index in [1.165, 1.54) is 12.1 Å². The van der Waals surface area contributed by atoms with Gasteiger partial charge < -0.3 is 10.2 Å². The van der Waals surface area contributed by atoms with Crippen molar-refractivity contribution in [3.8, 4) is 0 Å². The first-order chi connectivity index (χ1) is 13.4. The SMILES string of the molecule is NS(=O)(=O)c1ccc(CN(Cc2ccccc2)C(=O)Nc2ccccc2)cc1. The van der Waals surface area contributed by atoms with Gasteiger partial charge in [-0.2, -0.15) is 0 Å². The van der Waals surface area contributed by atoms with Gasteiger partial charge in [-0.3, -0.25) is 0 Å². The zero-order chi connectivity index (χ0) is 20.0. The highest BCUT2D eigenvalue weighted by Gasteiger charge is 2.16. The third-order valence-corrected chi connectivity index (χ3v) is 5.08. The third kappa shape index (κ3) is 5.42. The molecule has 0 unspecified atom stereocenters. The molecule has 3 aromatic rings. The summed E-state index contributed by atoms with van der Waals surface area (Å²) in [5, 5.41) is 8.03. The van der Waals surface area contributed by atoms with Gasteiger partial charge in [-0.05, 0) is 35.4 Å². The third-order valence-electron chi connectivity index (χ3n) is 4.15. The second kappa shape index (κ2) is 8.69. The summed E-state index contributed by atoms with van der Waals surface area (Å²) in [4.78, 5) is 14.5. The van der Waals surface area contributed by atoms with Crippen molar-refractivity contribution in [3.05, 3.63) is 96.1 Å². The molecule has 0 aromatic heterocycles. The van der Waals surface area contributed by atoms with E-state index in [2.05, 4.69) is 5.32 Å². The van der Waals surface area contributed by atoms with Crippen molar-refractivity contribution >= 4 is 21.7 Å². The van der Waals surface area contributed by atoms with Crippen LogP contribution in [-0.4, -0.2) is 19.3 Å². The fourth-order valence-corrected chi connectivity index (χ4v) is 3.25. The zero-order valence-electron chi connectivity index (χ0n) is 15.2. The normalized spacial score (nSPS) is 11.0. The minimum Gasteiger partial charge on any atom is -0.316 e. The molecular formula is C21H21N3O3S. The number of hydrogen-bond donors (Lipinski definition) is 2. The van der Waals surface area contributed by atoms with Crippen LogP contribution in [0.3, 0.4) is 0 Å². The molecule has 0 fully saturated rings. The van der Waals surface area contributed by atoms with E-state index in [0.29, 0.717) is 18.8 Å². The second-order valence-corrected chi connectivity index (χ2v) is 7.89. The fraction of sp³-hybridized carbons (Fsp3) is 0.0952. The highest BCUT2D eigenvalue weighted by Crippen LogP contribution is 2.15. The quantitative estimate of drug-likeness (QED) is 0.668. The van der Waals surface area contributed by atoms with Crippen LogP contribution >= 0.6 is 0 Å². The molecule has 0 heterocycles. The van der Waals surface area contributed by atoms with Crippen molar-refractivity contribution in [2.24, 2.45) is 5.14 Å². The number of nitrogens with zero attached hydrogens (tertiary/aromatic N) is 1. The number of carbonyl (C=O) groups excluding carboxylic acids is 1. The van der Waals surface area contributed by atoms with Gasteiger partial charge in [-0.1, -0.05) is 60.7 Å². The number of carbonyl (C=O) groups is 1. The maximum Gasteiger partial charge on any atom is 0.322 e. The van der Waals surface area contributed by atoms with Gasteiger partial charge in [0.25, 0.3) is 0 Å². The summed E-state index contributed by atoms with van der Waals surface area (Å²) in [5.74, 6) is 0. The fourth-order valence-electron chi connectivity index (χ4n) is 2.73. The van der Waals surface area contributed by atoms with Crippen LogP contribution in [0.1, 0.15) is 11.1 Å². The number of para-hydroxylation sites is 1. The van der Waals surface area contributed by atoms with Crippen LogP contribution in [0.25, 0.3) is 0 Å². The Kier molecular flexibility index (Phi) is 6.08. The summed E-state index contributed by atoms with van der Waals surface area (Å²) < 4.78 is 22.8. The number of sulfonamides is 1. The standard InChI is InChI=1S/C21H21N3O3S/c22-28(26,27)20-13-11-18(12-14-20)16-24(15-17-7-3-1-4-8-17)21(25)23-19-9-5-2-6-10-19/h1-14H,15-16H2,(H,23,25)(H2,22,26,27). The molecule has 0 aliphatic heterocycles. The molecule has 0 aliphatic rings. The molecule has 0 saturated carbocycles. The number of primary sulfonamides is 1. The van der Waals surface area contributed by atoms with Crippen LogP contribution < -0.4 is 10.5 Å². The molecule has 0 saturated heterocycles. The number of urea groups is 1. The van der Waals surface area contributed by atoms with Crippen LogP contribution in [0.2, 0.25) is 0 Å². The highest BCUT2D eigenvalue weighted by atomic mass is 32.2. The molecular weight excluding hydrogens is 374 g/mol. The van der Waals surface area contributed by atoms with Crippen molar-refractivity contribution in [2.45, 2.75) is 18.0 Å². The number of anilines is 1. The highest BCUT2D eigenvalue weighted by molar-refractivity contribution is 7.89. The topological polar surface area (TPSA) is 92.5 Å². The summed E-state index contributed by atoms with van der Waals surface area (Å²) in [6.07, 6.45) is 0. The number of nitrogens with one attached hydrogen (secondary N) is 1. The summed E-state index contributed by atoms with van der Waals surface area (Å²) in [5.41, 5.74) is 2.49. The van der Waals surface area contributed by atoms with E-state index >= 15 is 0 Å². The van der Waals surface area contributed by atoms with Gasteiger partial charge in [-0.25, -0.2) is 18.4 Å². The van der Waals surface area contributed by atoms with Crippen LogP contribution in [0.4, 0.5) is 10.5 Å². The Morgan fingerprint density at radius 2 is 1.29 bits per heavy atom. The molecule has 2 amide bonds. The summed E-state index contributed by atoms with van der Waals surface area (Å²) in [7, 11) is -3.75. The monoisotopic (exact) mass is 395 g/mol. The van der Waals surface area contributed by atoms with Crippen molar-refractivity contribution in [1.82, 2.24) is 4.90 Å². The predicted octanol–water partition coefficient (Wildman–Crippen LogP) is 3.57. The van der Waals surface area contributed by atoms with Gasteiger partial charge in [-0.15, -0.1) is 0 Å². The van der Waals surface area contributed by atoms with Gasteiger partial charge in [0.15, 0.2) is 0 Å². The number of nitrogens with two attached hydrogens (primary N) is 1. The van der Waals surface area contributed by atoms with Gasteiger partial charge >= 0.3 is 6.03 Å². The van der Waals surface area contributed by atoms with E-state index in [0.717, 1.165) is 11.1 Å². The molecule has 7 heteroatoms. The smallest absolute Gasteiger partial charge is 0.316 e. The average molecular weight is 395 g/mol. The molecule has 3 N–H and O–H groups in total. The first-order valence-electron chi connectivity index (χ1n) is 8.68. The van der Waals surface area contributed by atoms with Crippen LogP contribution in [0.15, 0.2) is 89.8 Å². The second-order valence-electron chi connectivity index (χ2n) is 6.33. The molecule has 144 valence electrons. The summed E-state index contributed by atoms with van der Waals surface area (Å²) in [6, 6.07) is 24.8. The summed E-state index contributed by atoms with van der Waals surface area (Å²) >= 11 is 0. The Bertz CT molecular complexity index is 1020. The minimum absolute atomic E-state index is 0.0413. The van der Waals surface area contributed by atoms with Gasteiger partial charge in [0.1, 0.15) is 0 Å². The van der Waals surface area contributed by atoms with E-state index in [-0.39, 0.29) is 10.9 Å².